The van der Waals surface area contributed by atoms with Crippen LogP contribution in [0.2, 0.25) is 10.0 Å². The number of anilines is 2. The van der Waals surface area contributed by atoms with Crippen molar-refractivity contribution in [2.75, 3.05) is 23.3 Å². The number of aromatic nitrogens is 2. The van der Waals surface area contributed by atoms with E-state index >= 15 is 0 Å². The lowest BCUT2D eigenvalue weighted by Crippen LogP contribution is -2.30. The van der Waals surface area contributed by atoms with E-state index in [2.05, 4.69) is 15.2 Å². The second kappa shape index (κ2) is 6.18. The molecule has 1 aliphatic heterocycles. The molecule has 0 radical (unpaired) electrons. The zero-order valence-corrected chi connectivity index (χ0v) is 13.6. The fourth-order valence-electron chi connectivity index (χ4n) is 2.62. The molecule has 3 rings (SSSR count). The molecule has 0 bridgehead atoms. The minimum Gasteiger partial charge on any atom is -0.368 e. The van der Waals surface area contributed by atoms with Crippen LogP contribution in [0, 0.1) is 0 Å². The van der Waals surface area contributed by atoms with Crippen LogP contribution < -0.4 is 15.8 Å². The summed E-state index contributed by atoms with van der Waals surface area (Å²) in [4.78, 5) is 18.3. The summed E-state index contributed by atoms with van der Waals surface area (Å²) in [5, 5.41) is 4.49. The second-order valence-electron chi connectivity index (χ2n) is 5.36. The Kier molecular flexibility index (Phi) is 4.27. The van der Waals surface area contributed by atoms with E-state index in [4.69, 9.17) is 23.2 Å². The zero-order chi connectivity index (χ0) is 15.7. The van der Waals surface area contributed by atoms with Gasteiger partial charge < -0.3 is 14.8 Å². The first kappa shape index (κ1) is 15.2. The lowest BCUT2D eigenvalue weighted by molar-refractivity contribution is 0.778. The third-order valence-corrected chi connectivity index (χ3v) is 4.33. The van der Waals surface area contributed by atoms with Crippen LogP contribution in [0.15, 0.2) is 35.4 Å². The summed E-state index contributed by atoms with van der Waals surface area (Å²) in [6.07, 6.45) is 4.17. The van der Waals surface area contributed by atoms with Crippen molar-refractivity contribution in [3.05, 3.63) is 51.0 Å². The molecule has 5 nitrogen and oxygen atoms in total. The number of nitrogens with one attached hydrogen (secondary N) is 1. The van der Waals surface area contributed by atoms with E-state index in [1.165, 1.54) is 4.57 Å². The average molecular weight is 339 g/mol. The van der Waals surface area contributed by atoms with E-state index in [0.29, 0.717) is 15.9 Å². The first-order valence-electron chi connectivity index (χ1n) is 7.03. The van der Waals surface area contributed by atoms with Crippen LogP contribution in [-0.4, -0.2) is 28.7 Å². The predicted molar refractivity (Wildman–Crippen MR) is 90.2 cm³/mol. The number of halogens is 2. The van der Waals surface area contributed by atoms with Gasteiger partial charge in [-0.25, -0.2) is 4.98 Å². The van der Waals surface area contributed by atoms with Crippen molar-refractivity contribution in [2.24, 2.45) is 7.05 Å². The second-order valence-corrected chi connectivity index (χ2v) is 6.21. The molecule has 1 saturated heterocycles. The lowest BCUT2D eigenvalue weighted by atomic mass is 10.2. The van der Waals surface area contributed by atoms with Crippen LogP contribution in [0.4, 0.5) is 11.5 Å². The van der Waals surface area contributed by atoms with E-state index in [1.807, 2.05) is 12.1 Å². The minimum absolute atomic E-state index is 0.120. The molecule has 2 heterocycles. The van der Waals surface area contributed by atoms with Gasteiger partial charge in [-0.05, 0) is 24.6 Å². The summed E-state index contributed by atoms with van der Waals surface area (Å²) < 4.78 is 1.51. The van der Waals surface area contributed by atoms with Crippen molar-refractivity contribution in [1.82, 2.24) is 9.55 Å². The minimum atomic E-state index is -0.120. The van der Waals surface area contributed by atoms with Gasteiger partial charge in [0.1, 0.15) is 0 Å². The lowest BCUT2D eigenvalue weighted by Gasteiger charge is -2.20. The summed E-state index contributed by atoms with van der Waals surface area (Å²) in [6, 6.07) is 5.66. The molecule has 0 spiro atoms. The van der Waals surface area contributed by atoms with Gasteiger partial charge >= 0.3 is 0 Å². The van der Waals surface area contributed by atoms with Gasteiger partial charge in [-0.15, -0.1) is 0 Å². The third kappa shape index (κ3) is 3.05. The predicted octanol–water partition coefficient (Wildman–Crippen LogP) is 2.78. The highest BCUT2D eigenvalue weighted by Gasteiger charge is 2.25. The van der Waals surface area contributed by atoms with Crippen molar-refractivity contribution in [1.29, 1.82) is 0 Å². The van der Waals surface area contributed by atoms with E-state index in [9.17, 15) is 4.79 Å². The molecular weight excluding hydrogens is 323 g/mol. The summed E-state index contributed by atoms with van der Waals surface area (Å²) in [5.74, 6) is 0.388. The standard InChI is InChI=1S/C15H16Cl2N4O/c1-20-7-5-18-14(15(20)22)19-11-4-6-21(9-11)13-3-2-10(16)8-12(13)17/h2-3,5,7-8,11H,4,6,9H2,1H3,(H,18,19)/t11-/m0/s1. The first-order chi connectivity index (χ1) is 10.5. The Morgan fingerprint density at radius 2 is 2.18 bits per heavy atom. The van der Waals surface area contributed by atoms with Gasteiger partial charge in [0.25, 0.3) is 5.56 Å². The van der Waals surface area contributed by atoms with Gasteiger partial charge in [0, 0.05) is 43.6 Å². The van der Waals surface area contributed by atoms with E-state index in [1.54, 1.807) is 25.5 Å². The highest BCUT2D eigenvalue weighted by Crippen LogP contribution is 2.31. The molecule has 1 N–H and O–H groups in total. The summed E-state index contributed by atoms with van der Waals surface area (Å²) >= 11 is 12.2. The van der Waals surface area contributed by atoms with Crippen molar-refractivity contribution in [2.45, 2.75) is 12.5 Å². The Bertz CT molecular complexity index is 747. The van der Waals surface area contributed by atoms with E-state index in [0.717, 1.165) is 25.2 Å². The monoisotopic (exact) mass is 338 g/mol. The molecule has 0 saturated carbocycles. The van der Waals surface area contributed by atoms with Crippen molar-refractivity contribution >= 4 is 34.7 Å². The molecule has 0 aliphatic carbocycles. The number of nitrogens with zero attached hydrogens (tertiary/aromatic N) is 3. The van der Waals surface area contributed by atoms with Gasteiger partial charge in [-0.3, -0.25) is 4.79 Å². The quantitative estimate of drug-likeness (QED) is 0.934. The zero-order valence-electron chi connectivity index (χ0n) is 12.1. The SMILES string of the molecule is Cn1ccnc(N[C@H]2CCN(c3ccc(Cl)cc3Cl)C2)c1=O. The van der Waals surface area contributed by atoms with Crippen molar-refractivity contribution in [3.8, 4) is 0 Å². The van der Waals surface area contributed by atoms with Crippen LogP contribution in [0.5, 0.6) is 0 Å². The summed E-state index contributed by atoms with van der Waals surface area (Å²) in [7, 11) is 1.71. The fourth-order valence-corrected chi connectivity index (χ4v) is 3.15. The molecule has 22 heavy (non-hydrogen) atoms. The van der Waals surface area contributed by atoms with Gasteiger partial charge in [0.2, 0.25) is 0 Å². The van der Waals surface area contributed by atoms with Crippen molar-refractivity contribution in [3.63, 3.8) is 0 Å². The number of benzene rings is 1. The maximum Gasteiger partial charge on any atom is 0.293 e. The van der Waals surface area contributed by atoms with Gasteiger partial charge in [-0.2, -0.15) is 0 Å². The van der Waals surface area contributed by atoms with Crippen molar-refractivity contribution < 1.29 is 0 Å². The number of hydrogen-bond acceptors (Lipinski definition) is 4. The molecule has 1 atom stereocenters. The molecule has 1 aliphatic rings. The Labute approximate surface area is 138 Å². The molecule has 2 aromatic rings. The molecule has 116 valence electrons. The van der Waals surface area contributed by atoms with E-state index in [-0.39, 0.29) is 11.6 Å². The topological polar surface area (TPSA) is 50.2 Å². The van der Waals surface area contributed by atoms with Crippen LogP contribution >= 0.6 is 23.2 Å². The Morgan fingerprint density at radius 3 is 2.95 bits per heavy atom. The smallest absolute Gasteiger partial charge is 0.293 e. The van der Waals surface area contributed by atoms with Crippen LogP contribution in [0.25, 0.3) is 0 Å². The Hall–Kier alpha value is -1.72. The largest absolute Gasteiger partial charge is 0.368 e. The normalized spacial score (nSPS) is 17.8. The van der Waals surface area contributed by atoms with Crippen LogP contribution in [0.3, 0.4) is 0 Å². The average Bonchev–Trinajstić information content (AvgIpc) is 2.92. The molecule has 1 fully saturated rings. The Balaban J connectivity index is 1.72. The maximum atomic E-state index is 12.0. The van der Waals surface area contributed by atoms with Gasteiger partial charge in [-0.1, -0.05) is 23.2 Å². The molecule has 1 aromatic carbocycles. The molecule has 0 amide bonds. The fraction of sp³-hybridized carbons (Fsp3) is 0.333. The molecule has 1 aromatic heterocycles. The van der Waals surface area contributed by atoms with E-state index < -0.39 is 0 Å². The third-order valence-electron chi connectivity index (χ3n) is 3.80. The number of rotatable bonds is 3. The molecule has 7 heteroatoms. The molecule has 0 unspecified atom stereocenters. The summed E-state index contributed by atoms with van der Waals surface area (Å²) in [5.41, 5.74) is 0.842. The highest BCUT2D eigenvalue weighted by molar-refractivity contribution is 6.36. The van der Waals surface area contributed by atoms with Gasteiger partial charge in [0.05, 0.1) is 10.7 Å². The molecular formula is C15H16Cl2N4O. The highest BCUT2D eigenvalue weighted by atomic mass is 35.5. The number of aryl methyl sites for hydroxylation is 1. The Morgan fingerprint density at radius 1 is 1.36 bits per heavy atom. The van der Waals surface area contributed by atoms with Crippen LogP contribution in [-0.2, 0) is 7.05 Å². The maximum absolute atomic E-state index is 12.0. The van der Waals surface area contributed by atoms with Gasteiger partial charge in [0.15, 0.2) is 5.82 Å². The van der Waals surface area contributed by atoms with Crippen LogP contribution in [0.1, 0.15) is 6.42 Å². The number of hydrogen-bond donors (Lipinski definition) is 1. The first-order valence-corrected chi connectivity index (χ1v) is 7.78. The summed E-state index contributed by atoms with van der Waals surface area (Å²) in [6.45, 7) is 1.63.